The Morgan fingerprint density at radius 1 is 1.50 bits per heavy atom. The van der Waals surface area contributed by atoms with Crippen LogP contribution in [0.25, 0.3) is 0 Å². The minimum absolute atomic E-state index is 0.338. The minimum atomic E-state index is -0.487. The predicted octanol–water partition coefficient (Wildman–Crippen LogP) is 1.36. The predicted molar refractivity (Wildman–Crippen MR) is 54.7 cm³/mol. The Bertz CT molecular complexity index is 309. The Balaban J connectivity index is 2.66. The van der Waals surface area contributed by atoms with E-state index < -0.39 is 11.6 Å². The van der Waals surface area contributed by atoms with Crippen molar-refractivity contribution in [1.29, 1.82) is 0 Å². The van der Waals surface area contributed by atoms with Crippen LogP contribution >= 0.6 is 0 Å². The Labute approximate surface area is 83.4 Å². The lowest BCUT2D eigenvalue weighted by Crippen LogP contribution is -2.28. The molecule has 0 atom stereocenters. The van der Waals surface area contributed by atoms with Crippen LogP contribution in [0.15, 0.2) is 29.2 Å². The van der Waals surface area contributed by atoms with Gasteiger partial charge < -0.3 is 10.1 Å². The zero-order chi connectivity index (χ0) is 10.6. The third-order valence-electron chi connectivity index (χ3n) is 1.33. The number of hydrogen-bond donors (Lipinski definition) is 1. The maximum absolute atomic E-state index is 11.5. The van der Waals surface area contributed by atoms with E-state index >= 15 is 0 Å². The number of ether oxygens (including phenoxy) is 1. The van der Waals surface area contributed by atoms with Gasteiger partial charge in [0.2, 0.25) is 0 Å². The summed E-state index contributed by atoms with van der Waals surface area (Å²) < 4.78 is 5.16. The van der Waals surface area contributed by atoms with Crippen molar-refractivity contribution in [3.05, 3.63) is 24.2 Å². The number of carbonyl (C=O) groups is 1. The van der Waals surface area contributed by atoms with Crippen molar-refractivity contribution in [2.75, 3.05) is 0 Å². The van der Waals surface area contributed by atoms with Crippen molar-refractivity contribution in [2.45, 2.75) is 26.4 Å². The van der Waals surface area contributed by atoms with Crippen LogP contribution < -0.4 is 5.32 Å². The number of hydrogen-bond acceptors (Lipinski definition) is 4. The first-order valence-corrected chi connectivity index (χ1v) is 4.37. The van der Waals surface area contributed by atoms with E-state index in [0.29, 0.717) is 5.70 Å². The van der Waals surface area contributed by atoms with Gasteiger partial charge in [-0.2, -0.15) is 0 Å². The first-order chi connectivity index (χ1) is 6.49. The zero-order valence-electron chi connectivity index (χ0n) is 8.57. The Morgan fingerprint density at radius 2 is 2.21 bits per heavy atom. The number of rotatable bonds is 1. The monoisotopic (exact) mass is 194 g/mol. The second kappa shape index (κ2) is 4.09. The van der Waals surface area contributed by atoms with Crippen molar-refractivity contribution < 1.29 is 9.53 Å². The van der Waals surface area contributed by atoms with Gasteiger partial charge in [-0.05, 0) is 26.8 Å². The Morgan fingerprint density at radius 3 is 2.86 bits per heavy atom. The highest BCUT2D eigenvalue weighted by atomic mass is 16.6. The molecule has 4 nitrogen and oxygen atoms in total. The highest BCUT2D eigenvalue weighted by Crippen LogP contribution is 2.10. The number of allylic oxidation sites excluding steroid dienone is 1. The summed E-state index contributed by atoms with van der Waals surface area (Å²) in [6.07, 6.45) is 6.36. The first kappa shape index (κ1) is 10.5. The van der Waals surface area contributed by atoms with Gasteiger partial charge in [0.05, 0.1) is 6.20 Å². The number of nitrogens with one attached hydrogen (secondary N) is 1. The van der Waals surface area contributed by atoms with Gasteiger partial charge in [-0.15, -0.1) is 0 Å². The molecule has 76 valence electrons. The van der Waals surface area contributed by atoms with Crippen LogP contribution in [-0.2, 0) is 9.53 Å². The third-order valence-corrected chi connectivity index (χ3v) is 1.33. The molecule has 0 aromatic heterocycles. The minimum Gasteiger partial charge on any atom is -0.455 e. The summed E-state index contributed by atoms with van der Waals surface area (Å²) in [6, 6.07) is 0. The van der Waals surface area contributed by atoms with Gasteiger partial charge in [0, 0.05) is 12.4 Å². The molecule has 1 rings (SSSR count). The number of aliphatic imine (C=N–C) groups is 1. The van der Waals surface area contributed by atoms with Crippen molar-refractivity contribution in [3.8, 4) is 0 Å². The highest BCUT2D eigenvalue weighted by molar-refractivity contribution is 5.89. The summed E-state index contributed by atoms with van der Waals surface area (Å²) in [4.78, 5) is 15.4. The molecule has 14 heavy (non-hydrogen) atoms. The molecule has 1 aliphatic rings. The third kappa shape index (κ3) is 3.43. The standard InChI is InChI=1S/C10H14N2O2/c1-10(2,3)14-9(13)8-7-11-5-4-6-12-8/h4-7,12H,1-3H3. The molecule has 0 aromatic carbocycles. The smallest absolute Gasteiger partial charge is 0.356 e. The molecule has 0 spiro atoms. The van der Waals surface area contributed by atoms with Gasteiger partial charge in [-0.25, -0.2) is 4.79 Å². The summed E-state index contributed by atoms with van der Waals surface area (Å²) in [5, 5.41) is 2.78. The molecule has 0 radical (unpaired) electrons. The molecule has 0 fully saturated rings. The lowest BCUT2D eigenvalue weighted by Gasteiger charge is -2.20. The molecule has 4 heteroatoms. The normalized spacial score (nSPS) is 15.5. The largest absolute Gasteiger partial charge is 0.455 e. The lowest BCUT2D eigenvalue weighted by molar-refractivity contribution is -0.150. The maximum Gasteiger partial charge on any atom is 0.356 e. The van der Waals surface area contributed by atoms with Crippen molar-refractivity contribution >= 4 is 12.2 Å². The maximum atomic E-state index is 11.5. The van der Waals surface area contributed by atoms with E-state index in [4.69, 9.17) is 4.74 Å². The molecular formula is C10H14N2O2. The molecule has 0 amide bonds. The topological polar surface area (TPSA) is 50.7 Å². The van der Waals surface area contributed by atoms with Gasteiger partial charge in [-0.3, -0.25) is 4.99 Å². The fraction of sp³-hybridized carbons (Fsp3) is 0.400. The second-order valence-corrected chi connectivity index (χ2v) is 3.85. The Hall–Kier alpha value is -1.58. The van der Waals surface area contributed by atoms with Crippen LogP contribution in [0, 0.1) is 0 Å². The van der Waals surface area contributed by atoms with Crippen LogP contribution in [0.3, 0.4) is 0 Å². The van der Waals surface area contributed by atoms with E-state index in [2.05, 4.69) is 10.3 Å². The molecule has 1 N–H and O–H groups in total. The fourth-order valence-corrected chi connectivity index (χ4v) is 0.830. The van der Waals surface area contributed by atoms with Gasteiger partial charge in [-0.1, -0.05) is 0 Å². The average molecular weight is 194 g/mol. The van der Waals surface area contributed by atoms with E-state index in [1.807, 2.05) is 20.8 Å². The molecule has 0 saturated heterocycles. The number of nitrogens with zero attached hydrogens (tertiary/aromatic N) is 1. The van der Waals surface area contributed by atoms with Gasteiger partial charge in [0.25, 0.3) is 0 Å². The quantitative estimate of drug-likeness (QED) is 0.641. The number of carbonyl (C=O) groups excluding carboxylic acids is 1. The second-order valence-electron chi connectivity index (χ2n) is 3.85. The van der Waals surface area contributed by atoms with Crippen LogP contribution in [-0.4, -0.2) is 17.8 Å². The molecule has 0 aromatic rings. The average Bonchev–Trinajstić information content (AvgIpc) is 2.27. The van der Waals surface area contributed by atoms with Crippen molar-refractivity contribution in [3.63, 3.8) is 0 Å². The fourth-order valence-electron chi connectivity index (χ4n) is 0.830. The lowest BCUT2D eigenvalue weighted by atomic mass is 10.2. The highest BCUT2D eigenvalue weighted by Gasteiger charge is 2.19. The van der Waals surface area contributed by atoms with E-state index in [-0.39, 0.29) is 0 Å². The molecule has 0 saturated carbocycles. The van der Waals surface area contributed by atoms with Crippen LogP contribution in [0.5, 0.6) is 0 Å². The van der Waals surface area contributed by atoms with Gasteiger partial charge in [0.1, 0.15) is 11.3 Å². The van der Waals surface area contributed by atoms with E-state index in [1.54, 1.807) is 18.5 Å². The van der Waals surface area contributed by atoms with Crippen molar-refractivity contribution in [2.24, 2.45) is 4.99 Å². The number of esters is 1. The molecule has 1 aliphatic heterocycles. The SMILES string of the molecule is CC(C)(C)OC(=O)C1=CN=CC=CN1. The van der Waals surface area contributed by atoms with Crippen LogP contribution in [0.1, 0.15) is 20.8 Å². The van der Waals surface area contributed by atoms with E-state index in [9.17, 15) is 4.79 Å². The summed E-state index contributed by atoms with van der Waals surface area (Å²) >= 11 is 0. The van der Waals surface area contributed by atoms with Crippen LogP contribution in [0.2, 0.25) is 0 Å². The zero-order valence-corrected chi connectivity index (χ0v) is 8.57. The molecule has 0 bridgehead atoms. The summed E-state index contributed by atoms with van der Waals surface area (Å²) in [7, 11) is 0. The Kier molecular flexibility index (Phi) is 3.06. The summed E-state index contributed by atoms with van der Waals surface area (Å²) in [5.74, 6) is -0.402. The molecule has 0 aliphatic carbocycles. The molecule has 0 unspecified atom stereocenters. The van der Waals surface area contributed by atoms with Gasteiger partial charge in [0.15, 0.2) is 0 Å². The van der Waals surface area contributed by atoms with Gasteiger partial charge >= 0.3 is 5.97 Å². The molecular weight excluding hydrogens is 180 g/mol. The van der Waals surface area contributed by atoms with Crippen molar-refractivity contribution in [1.82, 2.24) is 5.32 Å². The van der Waals surface area contributed by atoms with Crippen LogP contribution in [0.4, 0.5) is 0 Å². The van der Waals surface area contributed by atoms with E-state index in [0.717, 1.165) is 0 Å². The first-order valence-electron chi connectivity index (χ1n) is 4.37. The summed E-state index contributed by atoms with van der Waals surface area (Å²) in [5.41, 5.74) is -0.149. The summed E-state index contributed by atoms with van der Waals surface area (Å²) in [6.45, 7) is 5.46. The van der Waals surface area contributed by atoms with E-state index in [1.165, 1.54) is 6.20 Å². The molecule has 1 heterocycles.